The Kier molecular flexibility index (Phi) is 5.63. The lowest BCUT2D eigenvalue weighted by Crippen LogP contribution is -2.45. The molecule has 1 N–H and O–H groups in total. The van der Waals surface area contributed by atoms with Gasteiger partial charge in [0.1, 0.15) is 17.9 Å². The highest BCUT2D eigenvalue weighted by molar-refractivity contribution is 7.92. The van der Waals surface area contributed by atoms with Gasteiger partial charge in [-0.25, -0.2) is 8.42 Å². The summed E-state index contributed by atoms with van der Waals surface area (Å²) in [6.07, 6.45) is 1.70. The van der Waals surface area contributed by atoms with Crippen molar-refractivity contribution < 1.29 is 17.9 Å². The lowest BCUT2D eigenvalue weighted by molar-refractivity contribution is -0.120. The van der Waals surface area contributed by atoms with Crippen molar-refractivity contribution in [3.63, 3.8) is 0 Å². The number of sulfonamides is 1. The number of amides is 1. The molecule has 0 spiro atoms. The summed E-state index contributed by atoms with van der Waals surface area (Å²) < 4.78 is 31.9. The Bertz CT molecular complexity index is 1030. The molecular formula is C22H28N2O4S. The first-order chi connectivity index (χ1) is 13.4. The predicted octanol–water partition coefficient (Wildman–Crippen LogP) is 3.49. The standard InChI is InChI=1S/C22H28N2O4S/c1-15-7-6-8-17(11-15)24(29(5,26)27)14-21(25)23-19-13-22(3,4)28-20-12-16(2)9-10-18(19)20/h6-12,19H,13-14H2,1-5H3,(H,23,25). The quantitative estimate of drug-likeness (QED) is 0.810. The first kappa shape index (κ1) is 21.2. The minimum atomic E-state index is -3.61. The van der Waals surface area contributed by atoms with E-state index in [9.17, 15) is 13.2 Å². The van der Waals surface area contributed by atoms with Crippen LogP contribution in [0.15, 0.2) is 42.5 Å². The number of carbonyl (C=O) groups is 1. The minimum absolute atomic E-state index is 0.249. The normalized spacial score (nSPS) is 17.8. The number of hydrogen-bond donors (Lipinski definition) is 1. The predicted molar refractivity (Wildman–Crippen MR) is 115 cm³/mol. The smallest absolute Gasteiger partial charge is 0.241 e. The third-order valence-corrected chi connectivity index (χ3v) is 6.08. The number of aryl methyl sites for hydroxylation is 2. The van der Waals surface area contributed by atoms with E-state index in [1.165, 1.54) is 0 Å². The van der Waals surface area contributed by atoms with Crippen LogP contribution in [0.25, 0.3) is 0 Å². The van der Waals surface area contributed by atoms with Gasteiger partial charge in [-0.05, 0) is 57.0 Å². The van der Waals surface area contributed by atoms with Crippen molar-refractivity contribution in [1.29, 1.82) is 0 Å². The van der Waals surface area contributed by atoms with E-state index in [-0.39, 0.29) is 18.5 Å². The SMILES string of the molecule is Cc1cccc(N(CC(=O)NC2CC(C)(C)Oc3cc(C)ccc32)S(C)(=O)=O)c1. The molecule has 7 heteroatoms. The summed E-state index contributed by atoms with van der Waals surface area (Å²) >= 11 is 0. The van der Waals surface area contributed by atoms with E-state index >= 15 is 0 Å². The Morgan fingerprint density at radius 1 is 1.17 bits per heavy atom. The number of rotatable bonds is 5. The maximum atomic E-state index is 12.9. The Morgan fingerprint density at radius 2 is 1.86 bits per heavy atom. The van der Waals surface area contributed by atoms with E-state index in [0.29, 0.717) is 12.1 Å². The van der Waals surface area contributed by atoms with Gasteiger partial charge in [-0.1, -0.05) is 24.3 Å². The molecule has 2 aromatic rings. The molecule has 156 valence electrons. The highest BCUT2D eigenvalue weighted by Crippen LogP contribution is 2.39. The van der Waals surface area contributed by atoms with Crippen LogP contribution in [0.1, 0.15) is 43.0 Å². The highest BCUT2D eigenvalue weighted by atomic mass is 32.2. The van der Waals surface area contributed by atoms with Crippen LogP contribution in [0.5, 0.6) is 5.75 Å². The maximum absolute atomic E-state index is 12.9. The molecule has 0 saturated heterocycles. The number of nitrogens with one attached hydrogen (secondary N) is 1. The molecule has 0 aliphatic carbocycles. The topological polar surface area (TPSA) is 75.7 Å². The number of hydrogen-bond acceptors (Lipinski definition) is 4. The summed E-state index contributed by atoms with van der Waals surface area (Å²) in [6, 6.07) is 12.8. The van der Waals surface area contributed by atoms with Crippen LogP contribution in [0.4, 0.5) is 5.69 Å². The first-order valence-electron chi connectivity index (χ1n) is 9.58. The second-order valence-electron chi connectivity index (χ2n) is 8.34. The largest absolute Gasteiger partial charge is 0.487 e. The van der Waals surface area contributed by atoms with Crippen LogP contribution in [-0.4, -0.2) is 32.7 Å². The summed E-state index contributed by atoms with van der Waals surface area (Å²) in [5, 5.41) is 3.01. The van der Waals surface area contributed by atoms with Gasteiger partial charge in [-0.3, -0.25) is 9.10 Å². The van der Waals surface area contributed by atoms with Crippen molar-refractivity contribution in [3.05, 3.63) is 59.2 Å². The number of nitrogens with zero attached hydrogens (tertiary/aromatic N) is 1. The second-order valence-corrected chi connectivity index (χ2v) is 10.2. The zero-order valence-corrected chi connectivity index (χ0v) is 18.3. The molecule has 1 amide bonds. The Hall–Kier alpha value is -2.54. The molecule has 3 rings (SSSR count). The van der Waals surface area contributed by atoms with Crippen molar-refractivity contribution in [1.82, 2.24) is 5.32 Å². The number of ether oxygens (including phenoxy) is 1. The number of benzene rings is 2. The molecule has 0 saturated carbocycles. The zero-order valence-electron chi connectivity index (χ0n) is 17.5. The Labute approximate surface area is 172 Å². The monoisotopic (exact) mass is 416 g/mol. The Morgan fingerprint density at radius 3 is 2.52 bits per heavy atom. The van der Waals surface area contributed by atoms with Crippen LogP contribution < -0.4 is 14.4 Å². The van der Waals surface area contributed by atoms with Crippen LogP contribution in [0.2, 0.25) is 0 Å². The van der Waals surface area contributed by atoms with Gasteiger partial charge in [-0.15, -0.1) is 0 Å². The molecule has 2 aromatic carbocycles. The van der Waals surface area contributed by atoms with Crippen molar-refractivity contribution in [3.8, 4) is 5.75 Å². The molecule has 1 heterocycles. The van der Waals surface area contributed by atoms with E-state index in [0.717, 1.165) is 33.0 Å². The van der Waals surface area contributed by atoms with Crippen molar-refractivity contribution in [2.45, 2.75) is 45.8 Å². The second kappa shape index (κ2) is 7.71. The summed E-state index contributed by atoms with van der Waals surface area (Å²) in [6.45, 7) is 7.55. The molecule has 1 atom stereocenters. The van der Waals surface area contributed by atoms with E-state index in [4.69, 9.17) is 4.74 Å². The van der Waals surface area contributed by atoms with Crippen LogP contribution in [-0.2, 0) is 14.8 Å². The average molecular weight is 417 g/mol. The van der Waals surface area contributed by atoms with E-state index < -0.39 is 15.6 Å². The van der Waals surface area contributed by atoms with E-state index in [2.05, 4.69) is 5.32 Å². The maximum Gasteiger partial charge on any atom is 0.241 e. The fraction of sp³-hybridized carbons (Fsp3) is 0.409. The highest BCUT2D eigenvalue weighted by Gasteiger charge is 2.35. The lowest BCUT2D eigenvalue weighted by Gasteiger charge is -2.38. The zero-order chi connectivity index (χ0) is 21.4. The molecule has 0 fully saturated rings. The fourth-order valence-electron chi connectivity index (χ4n) is 3.64. The molecule has 1 aliphatic heterocycles. The van der Waals surface area contributed by atoms with Gasteiger partial charge in [0.2, 0.25) is 15.9 Å². The molecular weight excluding hydrogens is 388 g/mol. The fourth-order valence-corrected chi connectivity index (χ4v) is 4.49. The number of anilines is 1. The third-order valence-electron chi connectivity index (χ3n) is 4.94. The van der Waals surface area contributed by atoms with Gasteiger partial charge in [-0.2, -0.15) is 0 Å². The van der Waals surface area contributed by atoms with Crippen molar-refractivity contribution in [2.75, 3.05) is 17.1 Å². The van der Waals surface area contributed by atoms with Crippen LogP contribution in [0, 0.1) is 13.8 Å². The van der Waals surface area contributed by atoms with Gasteiger partial charge in [0, 0.05) is 12.0 Å². The van der Waals surface area contributed by atoms with Gasteiger partial charge in [0.05, 0.1) is 18.0 Å². The Balaban J connectivity index is 1.84. The average Bonchev–Trinajstić information content (AvgIpc) is 2.57. The van der Waals surface area contributed by atoms with Gasteiger partial charge >= 0.3 is 0 Å². The first-order valence-corrected chi connectivity index (χ1v) is 11.4. The molecule has 29 heavy (non-hydrogen) atoms. The van der Waals surface area contributed by atoms with E-state index in [1.807, 2.05) is 52.0 Å². The van der Waals surface area contributed by atoms with E-state index in [1.54, 1.807) is 18.2 Å². The van der Waals surface area contributed by atoms with Crippen LogP contribution >= 0.6 is 0 Å². The number of fused-ring (bicyclic) bond motifs is 1. The summed E-state index contributed by atoms with van der Waals surface area (Å²) in [4.78, 5) is 12.9. The molecule has 6 nitrogen and oxygen atoms in total. The summed E-state index contributed by atoms with van der Waals surface area (Å²) in [7, 11) is -3.61. The minimum Gasteiger partial charge on any atom is -0.487 e. The molecule has 1 unspecified atom stereocenters. The van der Waals surface area contributed by atoms with Gasteiger partial charge < -0.3 is 10.1 Å². The molecule has 0 bridgehead atoms. The third kappa shape index (κ3) is 5.09. The molecule has 0 aromatic heterocycles. The summed E-state index contributed by atoms with van der Waals surface area (Å²) in [5.74, 6) is 0.399. The molecule has 1 aliphatic rings. The summed E-state index contributed by atoms with van der Waals surface area (Å²) in [5.41, 5.74) is 2.95. The van der Waals surface area contributed by atoms with Gasteiger partial charge in [0.25, 0.3) is 0 Å². The number of carbonyl (C=O) groups excluding carboxylic acids is 1. The van der Waals surface area contributed by atoms with Crippen LogP contribution in [0.3, 0.4) is 0 Å². The molecule has 0 radical (unpaired) electrons. The van der Waals surface area contributed by atoms with Crippen molar-refractivity contribution in [2.24, 2.45) is 0 Å². The lowest BCUT2D eigenvalue weighted by atomic mass is 9.89. The van der Waals surface area contributed by atoms with Gasteiger partial charge in [0.15, 0.2) is 0 Å². The van der Waals surface area contributed by atoms with Crippen molar-refractivity contribution >= 4 is 21.6 Å².